The number of phenols is 1. The molecule has 0 radical (unpaired) electrons. The number of piperidine rings is 1. The molecule has 2 aliphatic heterocycles. The number of hydrogen-bond acceptors (Lipinski definition) is 3. The molecular weight excluding hydrogens is 324 g/mol. The number of anilines is 1. The van der Waals surface area contributed by atoms with Crippen molar-refractivity contribution in [1.29, 1.82) is 0 Å². The van der Waals surface area contributed by atoms with Crippen molar-refractivity contribution in [2.24, 2.45) is 4.99 Å². The van der Waals surface area contributed by atoms with Gasteiger partial charge in [0.2, 0.25) is 0 Å². The van der Waals surface area contributed by atoms with E-state index < -0.39 is 0 Å². The van der Waals surface area contributed by atoms with Crippen molar-refractivity contribution < 1.29 is 5.11 Å². The van der Waals surface area contributed by atoms with Crippen LogP contribution in [0.15, 0.2) is 29.3 Å². The largest absolute Gasteiger partial charge is 0.508 e. The summed E-state index contributed by atoms with van der Waals surface area (Å²) >= 11 is 0. The van der Waals surface area contributed by atoms with Crippen LogP contribution in [0.4, 0.5) is 5.69 Å². The van der Waals surface area contributed by atoms with Crippen LogP contribution in [0.25, 0.3) is 0 Å². The van der Waals surface area contributed by atoms with Crippen LogP contribution in [0.5, 0.6) is 5.75 Å². The van der Waals surface area contributed by atoms with Gasteiger partial charge in [-0.1, -0.05) is 12.8 Å². The van der Waals surface area contributed by atoms with Gasteiger partial charge in [0, 0.05) is 24.8 Å². The van der Waals surface area contributed by atoms with E-state index in [0.717, 1.165) is 30.8 Å². The summed E-state index contributed by atoms with van der Waals surface area (Å²) in [6.45, 7) is 4.74. The van der Waals surface area contributed by atoms with Gasteiger partial charge < -0.3 is 20.2 Å². The topological polar surface area (TPSA) is 51.1 Å². The molecule has 0 bridgehead atoms. The van der Waals surface area contributed by atoms with E-state index in [1.807, 2.05) is 12.1 Å². The summed E-state index contributed by atoms with van der Waals surface area (Å²) in [5.41, 5.74) is 1.00. The molecule has 5 heteroatoms. The van der Waals surface area contributed by atoms with Crippen molar-refractivity contribution in [1.82, 2.24) is 9.80 Å². The maximum Gasteiger partial charge on any atom is 0.198 e. The Hall–Kier alpha value is -1.75. The van der Waals surface area contributed by atoms with Crippen molar-refractivity contribution in [3.05, 3.63) is 24.3 Å². The van der Waals surface area contributed by atoms with Gasteiger partial charge in [0.25, 0.3) is 0 Å². The Bertz CT molecular complexity index is 595. The first-order valence-corrected chi connectivity index (χ1v) is 10.4. The maximum atomic E-state index is 9.53. The normalized spacial score (nSPS) is 23.7. The van der Waals surface area contributed by atoms with Crippen molar-refractivity contribution in [3.63, 3.8) is 0 Å². The number of phenolic OH excluding ortho intramolecular Hbond substituents is 1. The lowest BCUT2D eigenvalue weighted by Gasteiger charge is -2.38. The molecule has 3 fully saturated rings. The zero-order chi connectivity index (χ0) is 17.8. The molecule has 0 spiro atoms. The van der Waals surface area contributed by atoms with Crippen LogP contribution < -0.4 is 5.32 Å². The third-order valence-electron chi connectivity index (χ3n) is 6.17. The monoisotopic (exact) mass is 356 g/mol. The zero-order valence-corrected chi connectivity index (χ0v) is 15.7. The summed E-state index contributed by atoms with van der Waals surface area (Å²) in [7, 11) is 0. The Morgan fingerprint density at radius 2 is 1.54 bits per heavy atom. The summed E-state index contributed by atoms with van der Waals surface area (Å²) < 4.78 is 0. The molecule has 2 N–H and O–H groups in total. The summed E-state index contributed by atoms with van der Waals surface area (Å²) in [5, 5.41) is 13.1. The maximum absolute atomic E-state index is 9.53. The molecular formula is C21H32N4O. The molecule has 142 valence electrons. The SMILES string of the molecule is Oc1ccc(NC(=NC2CCCC2)N2CCC(N3CCCC3)CC2)cc1. The second kappa shape index (κ2) is 8.30. The van der Waals surface area contributed by atoms with Crippen LogP contribution in [-0.2, 0) is 0 Å². The Labute approximate surface area is 157 Å². The molecule has 26 heavy (non-hydrogen) atoms. The first-order chi connectivity index (χ1) is 12.8. The number of nitrogens with one attached hydrogen (secondary N) is 1. The quantitative estimate of drug-likeness (QED) is 0.493. The van der Waals surface area contributed by atoms with Crippen molar-refractivity contribution in [3.8, 4) is 5.75 Å². The number of hydrogen-bond donors (Lipinski definition) is 2. The molecule has 4 rings (SSSR count). The lowest BCUT2D eigenvalue weighted by molar-refractivity contribution is 0.163. The number of guanidine groups is 1. The third kappa shape index (κ3) is 4.32. The minimum absolute atomic E-state index is 0.302. The number of aromatic hydroxyl groups is 1. The van der Waals surface area contributed by atoms with Crippen LogP contribution in [0.3, 0.4) is 0 Å². The van der Waals surface area contributed by atoms with Crippen molar-refractivity contribution in [2.75, 3.05) is 31.5 Å². The first-order valence-electron chi connectivity index (χ1n) is 10.4. The minimum Gasteiger partial charge on any atom is -0.508 e. The summed E-state index contributed by atoms with van der Waals surface area (Å²) in [6.07, 6.45) is 10.3. The lowest BCUT2D eigenvalue weighted by atomic mass is 10.0. The standard InChI is InChI=1S/C21H32N4O/c26-20-9-7-18(8-10-20)23-21(22-17-5-1-2-6-17)25-15-11-19(12-16-25)24-13-3-4-14-24/h7-10,17,19,26H,1-6,11-16H2,(H,22,23). The van der Waals surface area contributed by atoms with Crippen LogP contribution in [0, 0.1) is 0 Å². The van der Waals surface area contributed by atoms with Gasteiger partial charge in [-0.2, -0.15) is 0 Å². The van der Waals surface area contributed by atoms with E-state index in [1.165, 1.54) is 64.5 Å². The van der Waals surface area contributed by atoms with E-state index in [-0.39, 0.29) is 0 Å². The second-order valence-electron chi connectivity index (χ2n) is 8.02. The highest BCUT2D eigenvalue weighted by Crippen LogP contribution is 2.25. The first kappa shape index (κ1) is 17.7. The summed E-state index contributed by atoms with van der Waals surface area (Å²) in [6, 6.07) is 8.54. The van der Waals surface area contributed by atoms with E-state index in [0.29, 0.717) is 11.8 Å². The number of aliphatic imine (C=N–C) groups is 1. The summed E-state index contributed by atoms with van der Waals surface area (Å²) in [5.74, 6) is 1.33. The molecule has 3 aliphatic rings. The average Bonchev–Trinajstić information content (AvgIpc) is 3.37. The Morgan fingerprint density at radius 3 is 2.19 bits per heavy atom. The molecule has 1 aromatic carbocycles. The van der Waals surface area contributed by atoms with E-state index in [9.17, 15) is 5.11 Å². The smallest absolute Gasteiger partial charge is 0.198 e. The van der Waals surface area contributed by atoms with Crippen molar-refractivity contribution >= 4 is 11.6 Å². The minimum atomic E-state index is 0.302. The number of rotatable bonds is 3. The van der Waals surface area contributed by atoms with E-state index >= 15 is 0 Å². The van der Waals surface area contributed by atoms with E-state index in [2.05, 4.69) is 15.1 Å². The Morgan fingerprint density at radius 1 is 0.885 bits per heavy atom. The highest BCUT2D eigenvalue weighted by Gasteiger charge is 2.28. The third-order valence-corrected chi connectivity index (χ3v) is 6.17. The Balaban J connectivity index is 1.43. The second-order valence-corrected chi connectivity index (χ2v) is 8.02. The molecule has 1 aliphatic carbocycles. The van der Waals surface area contributed by atoms with Gasteiger partial charge in [-0.15, -0.1) is 0 Å². The van der Waals surface area contributed by atoms with Gasteiger partial charge in [-0.05, 0) is 75.9 Å². The van der Waals surface area contributed by atoms with Gasteiger partial charge in [-0.3, -0.25) is 0 Å². The predicted molar refractivity (Wildman–Crippen MR) is 107 cm³/mol. The number of benzene rings is 1. The summed E-state index contributed by atoms with van der Waals surface area (Å²) in [4.78, 5) is 10.2. The fourth-order valence-corrected chi connectivity index (χ4v) is 4.62. The predicted octanol–water partition coefficient (Wildman–Crippen LogP) is 3.66. The van der Waals surface area contributed by atoms with Gasteiger partial charge in [-0.25, -0.2) is 4.99 Å². The average molecular weight is 357 g/mol. The zero-order valence-electron chi connectivity index (χ0n) is 15.7. The van der Waals surface area contributed by atoms with Crippen molar-refractivity contribution in [2.45, 2.75) is 63.5 Å². The molecule has 2 heterocycles. The molecule has 0 unspecified atom stereocenters. The molecule has 1 aromatic rings. The molecule has 0 aromatic heterocycles. The fraction of sp³-hybridized carbons (Fsp3) is 0.667. The van der Waals surface area contributed by atoms with Crippen LogP contribution in [-0.4, -0.2) is 59.1 Å². The van der Waals surface area contributed by atoms with Crippen LogP contribution in [0.1, 0.15) is 51.4 Å². The molecule has 2 saturated heterocycles. The highest BCUT2D eigenvalue weighted by molar-refractivity contribution is 5.94. The van der Waals surface area contributed by atoms with Gasteiger partial charge in [0.15, 0.2) is 5.96 Å². The molecule has 5 nitrogen and oxygen atoms in total. The van der Waals surface area contributed by atoms with Crippen LogP contribution in [0.2, 0.25) is 0 Å². The Kier molecular flexibility index (Phi) is 5.63. The van der Waals surface area contributed by atoms with E-state index in [4.69, 9.17) is 4.99 Å². The number of likely N-dealkylation sites (tertiary alicyclic amines) is 2. The van der Waals surface area contributed by atoms with Gasteiger partial charge >= 0.3 is 0 Å². The number of nitrogens with zero attached hydrogens (tertiary/aromatic N) is 3. The van der Waals surface area contributed by atoms with E-state index in [1.54, 1.807) is 12.1 Å². The van der Waals surface area contributed by atoms with Crippen LogP contribution >= 0.6 is 0 Å². The fourth-order valence-electron chi connectivity index (χ4n) is 4.62. The molecule has 1 saturated carbocycles. The molecule has 0 atom stereocenters. The van der Waals surface area contributed by atoms with Gasteiger partial charge in [0.05, 0.1) is 6.04 Å². The van der Waals surface area contributed by atoms with Gasteiger partial charge in [0.1, 0.15) is 5.75 Å². The highest BCUT2D eigenvalue weighted by atomic mass is 16.3. The molecule has 0 amide bonds. The lowest BCUT2D eigenvalue weighted by Crippen LogP contribution is -2.48.